The minimum Gasteiger partial charge on any atom is -0.493 e. The molecule has 0 aliphatic rings. The molecule has 0 heterocycles. The summed E-state index contributed by atoms with van der Waals surface area (Å²) in [5.74, 6) is 0.430. The van der Waals surface area contributed by atoms with Gasteiger partial charge in [-0.15, -0.1) is 0 Å². The summed E-state index contributed by atoms with van der Waals surface area (Å²) in [7, 11) is -1.70. The second-order valence-corrected chi connectivity index (χ2v) is 6.64. The maximum atomic E-state index is 11.4. The Bertz CT molecular complexity index is 553. The summed E-state index contributed by atoms with van der Waals surface area (Å²) in [6.07, 6.45) is 0.581. The molecule has 5 nitrogen and oxygen atoms in total. The number of benzene rings is 1. The predicted octanol–water partition coefficient (Wildman–Crippen LogP) is 1.97. The van der Waals surface area contributed by atoms with Gasteiger partial charge in [-0.3, -0.25) is 4.79 Å². The molecule has 0 fully saturated rings. The van der Waals surface area contributed by atoms with Crippen molar-refractivity contribution in [3.05, 3.63) is 22.7 Å². The molecule has 0 N–H and O–H groups in total. The number of sulfone groups is 1. The highest BCUT2D eigenvalue weighted by Gasteiger charge is 2.14. The number of hydrogen-bond acceptors (Lipinski definition) is 5. The van der Waals surface area contributed by atoms with Gasteiger partial charge < -0.3 is 9.47 Å². The minimum atomic E-state index is -3.12. The van der Waals surface area contributed by atoms with Crippen molar-refractivity contribution in [2.24, 2.45) is 0 Å². The zero-order valence-electron chi connectivity index (χ0n) is 10.7. The maximum absolute atomic E-state index is 11.4. The van der Waals surface area contributed by atoms with E-state index in [2.05, 4.69) is 0 Å². The van der Waals surface area contributed by atoms with Gasteiger partial charge in [0, 0.05) is 16.8 Å². The summed E-state index contributed by atoms with van der Waals surface area (Å²) >= 11 is 5.82. The standard InChI is InChI=1S/C12H15ClO5S/c1-3-19(15,16)5-4-18-12-9(8-14)6-10(13)7-11(12)17-2/h6-8H,3-5H2,1-2H3. The van der Waals surface area contributed by atoms with Crippen LogP contribution in [0.15, 0.2) is 12.1 Å². The number of halogens is 1. The normalized spacial score (nSPS) is 11.1. The number of carbonyl (C=O) groups excluding carboxylic acids is 1. The van der Waals surface area contributed by atoms with Crippen LogP contribution in [0.1, 0.15) is 17.3 Å². The van der Waals surface area contributed by atoms with E-state index in [0.29, 0.717) is 17.1 Å². The molecule has 19 heavy (non-hydrogen) atoms. The molecule has 0 unspecified atom stereocenters. The third-order valence-electron chi connectivity index (χ3n) is 2.48. The molecule has 0 amide bonds. The predicted molar refractivity (Wildman–Crippen MR) is 73.2 cm³/mol. The molecule has 0 aromatic heterocycles. The van der Waals surface area contributed by atoms with Crippen LogP contribution in [0.25, 0.3) is 0 Å². The van der Waals surface area contributed by atoms with E-state index < -0.39 is 9.84 Å². The van der Waals surface area contributed by atoms with Crippen LogP contribution < -0.4 is 9.47 Å². The van der Waals surface area contributed by atoms with E-state index in [4.69, 9.17) is 21.1 Å². The van der Waals surface area contributed by atoms with E-state index in [1.54, 1.807) is 6.92 Å². The summed E-state index contributed by atoms with van der Waals surface area (Å²) in [6.45, 7) is 1.52. The number of hydrogen-bond donors (Lipinski definition) is 0. The fourth-order valence-electron chi connectivity index (χ4n) is 1.40. The zero-order valence-corrected chi connectivity index (χ0v) is 12.3. The molecule has 0 atom stereocenters. The van der Waals surface area contributed by atoms with Gasteiger partial charge in [0.2, 0.25) is 0 Å². The Balaban J connectivity index is 2.91. The van der Waals surface area contributed by atoms with Crippen LogP contribution in [0.3, 0.4) is 0 Å². The van der Waals surface area contributed by atoms with Gasteiger partial charge in [-0.05, 0) is 6.07 Å². The van der Waals surface area contributed by atoms with Gasteiger partial charge in [-0.25, -0.2) is 8.42 Å². The quantitative estimate of drug-likeness (QED) is 0.720. The number of aldehydes is 1. The van der Waals surface area contributed by atoms with Gasteiger partial charge in [0.1, 0.15) is 6.61 Å². The molecule has 0 aliphatic heterocycles. The summed E-state index contributed by atoms with van der Waals surface area (Å²) in [5, 5.41) is 0.340. The molecule has 7 heteroatoms. The first-order chi connectivity index (χ1) is 8.93. The van der Waals surface area contributed by atoms with Gasteiger partial charge in [-0.2, -0.15) is 0 Å². The van der Waals surface area contributed by atoms with Crippen molar-refractivity contribution in [1.29, 1.82) is 0 Å². The molecule has 1 rings (SSSR count). The third-order valence-corrected chi connectivity index (χ3v) is 4.36. The lowest BCUT2D eigenvalue weighted by Crippen LogP contribution is -2.16. The van der Waals surface area contributed by atoms with Crippen molar-refractivity contribution < 1.29 is 22.7 Å². The summed E-state index contributed by atoms with van der Waals surface area (Å²) in [4.78, 5) is 11.0. The second-order valence-electron chi connectivity index (χ2n) is 3.73. The van der Waals surface area contributed by atoms with Crippen molar-refractivity contribution in [2.45, 2.75) is 6.92 Å². The van der Waals surface area contributed by atoms with Crippen molar-refractivity contribution in [3.8, 4) is 11.5 Å². The van der Waals surface area contributed by atoms with Crippen LogP contribution in [0.2, 0.25) is 5.02 Å². The molecule has 1 aromatic carbocycles. The average molecular weight is 307 g/mol. The van der Waals surface area contributed by atoms with E-state index in [0.717, 1.165) is 0 Å². The van der Waals surface area contributed by atoms with E-state index in [9.17, 15) is 13.2 Å². The largest absolute Gasteiger partial charge is 0.493 e. The van der Waals surface area contributed by atoms with Crippen LogP contribution in [0.5, 0.6) is 11.5 Å². The average Bonchev–Trinajstić information content (AvgIpc) is 2.39. The van der Waals surface area contributed by atoms with E-state index in [1.807, 2.05) is 0 Å². The smallest absolute Gasteiger partial charge is 0.171 e. The molecule has 0 aliphatic carbocycles. The number of methoxy groups -OCH3 is 1. The van der Waals surface area contributed by atoms with Crippen molar-refractivity contribution in [3.63, 3.8) is 0 Å². The lowest BCUT2D eigenvalue weighted by Gasteiger charge is -2.13. The van der Waals surface area contributed by atoms with Crippen LogP contribution >= 0.6 is 11.6 Å². The monoisotopic (exact) mass is 306 g/mol. The Morgan fingerprint density at radius 1 is 1.37 bits per heavy atom. The molecule has 106 valence electrons. The number of rotatable bonds is 7. The topological polar surface area (TPSA) is 69.7 Å². The van der Waals surface area contributed by atoms with E-state index >= 15 is 0 Å². The highest BCUT2D eigenvalue weighted by atomic mass is 35.5. The molecule has 0 saturated heterocycles. The van der Waals surface area contributed by atoms with Crippen LogP contribution in [-0.4, -0.2) is 39.9 Å². The van der Waals surface area contributed by atoms with Crippen LogP contribution in [-0.2, 0) is 9.84 Å². The Kier molecular flexibility index (Phi) is 5.62. The van der Waals surface area contributed by atoms with Gasteiger partial charge in [0.15, 0.2) is 27.6 Å². The van der Waals surface area contributed by atoms with Crippen molar-refractivity contribution in [2.75, 3.05) is 25.2 Å². The second kappa shape index (κ2) is 6.77. The summed E-state index contributed by atoms with van der Waals surface area (Å²) in [6, 6.07) is 2.93. The molecular weight excluding hydrogens is 292 g/mol. The number of carbonyl (C=O) groups is 1. The van der Waals surface area contributed by atoms with Gasteiger partial charge >= 0.3 is 0 Å². The highest BCUT2D eigenvalue weighted by Crippen LogP contribution is 2.33. The van der Waals surface area contributed by atoms with E-state index in [1.165, 1.54) is 19.2 Å². The highest BCUT2D eigenvalue weighted by molar-refractivity contribution is 7.91. The lowest BCUT2D eigenvalue weighted by molar-refractivity contribution is 0.111. The summed E-state index contributed by atoms with van der Waals surface area (Å²) < 4.78 is 33.1. The first-order valence-corrected chi connectivity index (χ1v) is 7.79. The van der Waals surface area contributed by atoms with Crippen LogP contribution in [0.4, 0.5) is 0 Å². The Morgan fingerprint density at radius 2 is 2.05 bits per heavy atom. The SMILES string of the molecule is CCS(=O)(=O)CCOc1c(C=O)cc(Cl)cc1OC. The third kappa shape index (κ3) is 4.40. The molecule has 1 aromatic rings. The first kappa shape index (κ1) is 15.8. The van der Waals surface area contributed by atoms with Gasteiger partial charge in [0.25, 0.3) is 0 Å². The molecular formula is C12H15ClO5S. The Morgan fingerprint density at radius 3 is 2.58 bits per heavy atom. The first-order valence-electron chi connectivity index (χ1n) is 5.59. The van der Waals surface area contributed by atoms with Crippen molar-refractivity contribution in [1.82, 2.24) is 0 Å². The number of ether oxygens (including phenoxy) is 2. The summed E-state index contributed by atoms with van der Waals surface area (Å²) in [5.41, 5.74) is 0.221. The van der Waals surface area contributed by atoms with E-state index in [-0.39, 0.29) is 29.4 Å². The molecule has 0 bridgehead atoms. The fourth-order valence-corrected chi connectivity index (χ4v) is 2.24. The molecule has 0 saturated carbocycles. The van der Waals surface area contributed by atoms with Crippen molar-refractivity contribution >= 4 is 27.7 Å². The Labute approximate surface area is 117 Å². The van der Waals surface area contributed by atoms with Gasteiger partial charge in [-0.1, -0.05) is 18.5 Å². The molecule has 0 radical (unpaired) electrons. The fraction of sp³-hybridized carbons (Fsp3) is 0.417. The molecule has 0 spiro atoms. The Hall–Kier alpha value is -1.27. The zero-order chi connectivity index (χ0) is 14.5. The van der Waals surface area contributed by atoms with Crippen LogP contribution in [0, 0.1) is 0 Å². The minimum absolute atomic E-state index is 0.0466. The van der Waals surface area contributed by atoms with Gasteiger partial charge in [0.05, 0.1) is 18.4 Å². The maximum Gasteiger partial charge on any atom is 0.171 e. The lowest BCUT2D eigenvalue weighted by atomic mass is 10.2.